The number of aliphatic hydroxyl groups excluding tert-OH is 1. The zero-order valence-electron chi connectivity index (χ0n) is 13.7. The Hall–Kier alpha value is -0.0800. The molecule has 0 aromatic rings. The Balaban J connectivity index is 1.97. The van der Waals surface area contributed by atoms with Crippen molar-refractivity contribution < 1.29 is 9.84 Å². The van der Waals surface area contributed by atoms with E-state index in [1.807, 2.05) is 0 Å². The third-order valence-corrected chi connectivity index (χ3v) is 6.97. The van der Waals surface area contributed by atoms with Gasteiger partial charge in [0.25, 0.3) is 0 Å². The van der Waals surface area contributed by atoms with Gasteiger partial charge >= 0.3 is 0 Å². The third-order valence-electron chi connectivity index (χ3n) is 6.97. The lowest BCUT2D eigenvalue weighted by molar-refractivity contribution is -0.223. The molecular weight excluding hydrogens is 248 g/mol. The minimum absolute atomic E-state index is 0.000710. The SMILES string of the molecule is CCCC[C@H]1[C@H](O)CC[C@@]2(C)CC[C@@H]3C[C@]12OC3(C)C. The van der Waals surface area contributed by atoms with Gasteiger partial charge in [0.1, 0.15) is 0 Å². The fourth-order valence-corrected chi connectivity index (χ4v) is 5.57. The average Bonchev–Trinajstić information content (AvgIpc) is 2.61. The van der Waals surface area contributed by atoms with Crippen LogP contribution in [-0.4, -0.2) is 22.4 Å². The molecule has 2 saturated carbocycles. The van der Waals surface area contributed by atoms with Gasteiger partial charge in [-0.05, 0) is 63.7 Å². The van der Waals surface area contributed by atoms with Crippen molar-refractivity contribution in [3.8, 4) is 0 Å². The molecule has 3 fully saturated rings. The van der Waals surface area contributed by atoms with E-state index < -0.39 is 0 Å². The Morgan fingerprint density at radius 1 is 1.15 bits per heavy atom. The second kappa shape index (κ2) is 4.71. The van der Waals surface area contributed by atoms with Crippen molar-refractivity contribution in [3.05, 3.63) is 0 Å². The molecule has 1 heterocycles. The number of aliphatic hydroxyl groups is 1. The summed E-state index contributed by atoms with van der Waals surface area (Å²) in [5, 5.41) is 10.7. The second-order valence-corrected chi connectivity index (χ2v) is 8.45. The number of rotatable bonds is 3. The lowest BCUT2D eigenvalue weighted by Crippen LogP contribution is -2.60. The fourth-order valence-electron chi connectivity index (χ4n) is 5.57. The first-order valence-corrected chi connectivity index (χ1v) is 8.73. The van der Waals surface area contributed by atoms with E-state index in [2.05, 4.69) is 27.7 Å². The Bertz CT molecular complexity index is 378. The molecule has 0 aromatic heterocycles. The van der Waals surface area contributed by atoms with Crippen LogP contribution in [0.25, 0.3) is 0 Å². The molecule has 2 bridgehead atoms. The average molecular weight is 280 g/mol. The van der Waals surface area contributed by atoms with Gasteiger partial charge in [0, 0.05) is 5.92 Å². The summed E-state index contributed by atoms with van der Waals surface area (Å²) in [7, 11) is 0. The standard InChI is InChI=1S/C18H32O2/c1-5-6-7-14-15(19)9-11-17(4)10-8-13-12-18(14,17)20-16(13,2)3/h13-15,19H,5-12H2,1-4H3/t13-,14+,15-,17-,18+/m1/s1. The molecule has 0 radical (unpaired) electrons. The van der Waals surface area contributed by atoms with Crippen LogP contribution in [0.4, 0.5) is 0 Å². The molecule has 1 saturated heterocycles. The largest absolute Gasteiger partial charge is 0.393 e. The van der Waals surface area contributed by atoms with E-state index in [-0.39, 0.29) is 22.7 Å². The van der Waals surface area contributed by atoms with Gasteiger partial charge in [0.05, 0.1) is 17.3 Å². The smallest absolute Gasteiger partial charge is 0.0799 e. The van der Waals surface area contributed by atoms with Gasteiger partial charge in [0.15, 0.2) is 0 Å². The Labute approximate surface area is 124 Å². The van der Waals surface area contributed by atoms with E-state index in [4.69, 9.17) is 4.74 Å². The quantitative estimate of drug-likeness (QED) is 0.835. The summed E-state index contributed by atoms with van der Waals surface area (Å²) in [5.41, 5.74) is 0.237. The lowest BCUT2D eigenvalue weighted by atomic mass is 9.51. The van der Waals surface area contributed by atoms with Crippen LogP contribution in [0, 0.1) is 17.3 Å². The highest BCUT2D eigenvalue weighted by Crippen LogP contribution is 2.66. The van der Waals surface area contributed by atoms with E-state index in [0.29, 0.717) is 11.8 Å². The molecule has 2 nitrogen and oxygen atoms in total. The molecular formula is C18H32O2. The molecule has 20 heavy (non-hydrogen) atoms. The normalized spacial score (nSPS) is 50.0. The summed E-state index contributed by atoms with van der Waals surface area (Å²) >= 11 is 0. The van der Waals surface area contributed by atoms with E-state index in [1.165, 1.54) is 32.1 Å². The maximum Gasteiger partial charge on any atom is 0.0799 e. The second-order valence-electron chi connectivity index (χ2n) is 8.45. The summed E-state index contributed by atoms with van der Waals surface area (Å²) < 4.78 is 6.79. The highest BCUT2D eigenvalue weighted by Gasteiger charge is 2.67. The van der Waals surface area contributed by atoms with Crippen LogP contribution < -0.4 is 0 Å². The van der Waals surface area contributed by atoms with Crippen LogP contribution in [-0.2, 0) is 4.74 Å². The number of fused-ring (bicyclic) bond motifs is 1. The molecule has 2 aliphatic carbocycles. The van der Waals surface area contributed by atoms with Crippen molar-refractivity contribution in [2.45, 2.75) is 96.4 Å². The highest BCUT2D eigenvalue weighted by atomic mass is 16.5. The van der Waals surface area contributed by atoms with Crippen LogP contribution in [0.3, 0.4) is 0 Å². The zero-order chi connectivity index (χ0) is 14.6. The van der Waals surface area contributed by atoms with Gasteiger partial charge in [-0.15, -0.1) is 0 Å². The van der Waals surface area contributed by atoms with Crippen LogP contribution >= 0.6 is 0 Å². The Kier molecular flexibility index (Phi) is 3.49. The molecule has 3 rings (SSSR count). The van der Waals surface area contributed by atoms with Crippen molar-refractivity contribution in [3.63, 3.8) is 0 Å². The molecule has 0 aromatic carbocycles. The highest BCUT2D eigenvalue weighted by molar-refractivity contribution is 5.16. The molecule has 1 spiro atoms. The van der Waals surface area contributed by atoms with Crippen molar-refractivity contribution in [1.82, 2.24) is 0 Å². The minimum Gasteiger partial charge on any atom is -0.393 e. The predicted molar refractivity (Wildman–Crippen MR) is 81.6 cm³/mol. The van der Waals surface area contributed by atoms with Crippen LogP contribution in [0.15, 0.2) is 0 Å². The molecule has 3 aliphatic rings. The van der Waals surface area contributed by atoms with Crippen LogP contribution in [0.5, 0.6) is 0 Å². The molecule has 1 N–H and O–H groups in total. The third kappa shape index (κ3) is 1.90. The molecule has 0 amide bonds. The first-order chi connectivity index (χ1) is 9.35. The van der Waals surface area contributed by atoms with Gasteiger partial charge in [-0.25, -0.2) is 0 Å². The van der Waals surface area contributed by atoms with Gasteiger partial charge in [-0.2, -0.15) is 0 Å². The molecule has 116 valence electrons. The van der Waals surface area contributed by atoms with Gasteiger partial charge in [-0.3, -0.25) is 0 Å². The van der Waals surface area contributed by atoms with Crippen molar-refractivity contribution in [2.24, 2.45) is 17.3 Å². The van der Waals surface area contributed by atoms with E-state index in [0.717, 1.165) is 19.3 Å². The van der Waals surface area contributed by atoms with Crippen molar-refractivity contribution in [1.29, 1.82) is 0 Å². The van der Waals surface area contributed by atoms with Crippen molar-refractivity contribution in [2.75, 3.05) is 0 Å². The number of hydrogen-bond acceptors (Lipinski definition) is 2. The molecule has 1 aliphatic heterocycles. The zero-order valence-corrected chi connectivity index (χ0v) is 13.7. The van der Waals surface area contributed by atoms with E-state index >= 15 is 0 Å². The minimum atomic E-state index is -0.151. The topological polar surface area (TPSA) is 29.5 Å². The molecule has 5 atom stereocenters. The molecule has 2 heteroatoms. The van der Waals surface area contributed by atoms with E-state index in [9.17, 15) is 5.11 Å². The van der Waals surface area contributed by atoms with E-state index in [1.54, 1.807) is 0 Å². The van der Waals surface area contributed by atoms with Crippen LogP contribution in [0.1, 0.15) is 79.1 Å². The van der Waals surface area contributed by atoms with Crippen molar-refractivity contribution >= 4 is 0 Å². The van der Waals surface area contributed by atoms with Gasteiger partial charge < -0.3 is 9.84 Å². The maximum absolute atomic E-state index is 10.7. The lowest BCUT2D eigenvalue weighted by Gasteiger charge is -2.57. The number of unbranched alkanes of at least 4 members (excludes halogenated alkanes) is 1. The number of hydrogen-bond donors (Lipinski definition) is 1. The molecule has 0 unspecified atom stereocenters. The number of ether oxygens (including phenoxy) is 1. The van der Waals surface area contributed by atoms with Gasteiger partial charge in [-0.1, -0.05) is 26.7 Å². The summed E-state index contributed by atoms with van der Waals surface area (Å²) in [6.07, 6.45) is 9.30. The predicted octanol–water partition coefficient (Wildman–Crippen LogP) is 4.30. The first-order valence-electron chi connectivity index (χ1n) is 8.73. The first kappa shape index (κ1) is 14.8. The monoisotopic (exact) mass is 280 g/mol. The van der Waals surface area contributed by atoms with Crippen LogP contribution in [0.2, 0.25) is 0 Å². The maximum atomic E-state index is 10.7. The summed E-state index contributed by atoms with van der Waals surface area (Å²) in [4.78, 5) is 0. The summed E-state index contributed by atoms with van der Waals surface area (Å²) in [6.45, 7) is 9.23. The Morgan fingerprint density at radius 2 is 1.85 bits per heavy atom. The summed E-state index contributed by atoms with van der Waals surface area (Å²) in [5.74, 6) is 1.04. The Morgan fingerprint density at radius 3 is 2.55 bits per heavy atom. The summed E-state index contributed by atoms with van der Waals surface area (Å²) in [6, 6.07) is 0. The van der Waals surface area contributed by atoms with Gasteiger partial charge in [0.2, 0.25) is 0 Å². The fraction of sp³-hybridized carbons (Fsp3) is 1.00.